The minimum absolute atomic E-state index is 0. The molecule has 45 valence electrons. The summed E-state index contributed by atoms with van der Waals surface area (Å²) in [6.45, 7) is 0. The fourth-order valence-electron chi connectivity index (χ4n) is 0. The maximum Gasteiger partial charge on any atom is 0 e. The van der Waals surface area contributed by atoms with Crippen LogP contribution in [-0.4, -0.2) is 45.6 Å². The van der Waals surface area contributed by atoms with E-state index in [9.17, 15) is 0 Å². The van der Waals surface area contributed by atoms with Crippen LogP contribution >= 0.6 is 0 Å². The smallest absolute Gasteiger partial charge is 0 e. The summed E-state index contributed by atoms with van der Waals surface area (Å²) in [5.74, 6) is 0. The first-order valence-corrected chi connectivity index (χ1v) is 0. The van der Waals surface area contributed by atoms with E-state index in [1.165, 1.54) is 0 Å². The average molecular weight is 548 g/mol. The molecule has 0 aliphatic rings. The Balaban J connectivity index is 0. The summed E-state index contributed by atoms with van der Waals surface area (Å²) in [7, 11) is 0. The fraction of sp³-hybridized carbons (Fsp3) is 0. The summed E-state index contributed by atoms with van der Waals surface area (Å²) in [6.07, 6.45) is 0. The number of rotatable bonds is 0. The molecule has 0 saturated heterocycles. The van der Waals surface area contributed by atoms with E-state index in [1.807, 2.05) is 0 Å². The molecule has 0 atom stereocenters. The zero-order valence-corrected chi connectivity index (χ0v) is 7.48. The minimum Gasteiger partial charge on any atom is 0 e. The van der Waals surface area contributed by atoms with Crippen molar-refractivity contribution >= 4 is 45.6 Å². The summed E-state index contributed by atoms with van der Waals surface area (Å²) in [6, 6.07) is 0. The van der Waals surface area contributed by atoms with Gasteiger partial charge in [-0.3, -0.25) is 0 Å². The molecule has 6 heteroatoms. The molecule has 0 N–H and O–H groups in total. The third-order valence-electron chi connectivity index (χ3n) is 0. The fourth-order valence-corrected chi connectivity index (χ4v) is 0. The van der Waals surface area contributed by atoms with Crippen molar-refractivity contribution < 1.29 is 71.4 Å². The van der Waals surface area contributed by atoms with Crippen LogP contribution in [0.4, 0.5) is 0 Å². The Morgan fingerprint density at radius 1 is 1.00 bits per heavy atom. The normalized spacial score (nSPS) is 0. The van der Waals surface area contributed by atoms with Crippen molar-refractivity contribution in [3.05, 3.63) is 0 Å². The predicted molar refractivity (Wildman–Crippen MR) is 19.9 cm³/mol. The second-order valence-corrected chi connectivity index (χ2v) is 0. The van der Waals surface area contributed by atoms with Gasteiger partial charge in [0.15, 0.2) is 0 Å². The summed E-state index contributed by atoms with van der Waals surface area (Å²) in [5, 5.41) is 0. The Hall–Kier alpha value is 3.71. The van der Waals surface area contributed by atoms with E-state index in [0.29, 0.717) is 0 Å². The van der Waals surface area contributed by atoms with Crippen LogP contribution in [0, 0.1) is 0 Å². The molecule has 0 aliphatic carbocycles. The number of hydrogen-bond donors (Lipinski definition) is 0. The molecule has 0 amide bonds. The SMILES string of the molecule is [Co].[Fe].[GaH3].[InH3].[Ni].[W]. The quantitative estimate of drug-likeness (QED) is 0.298. The van der Waals surface area contributed by atoms with Crippen LogP contribution in [0.3, 0.4) is 0 Å². The molecule has 0 heterocycles. The van der Waals surface area contributed by atoms with Gasteiger partial charge in [-0.2, -0.15) is 0 Å². The van der Waals surface area contributed by atoms with E-state index < -0.39 is 0 Å². The van der Waals surface area contributed by atoms with Crippen LogP contribution in [0.25, 0.3) is 0 Å². The summed E-state index contributed by atoms with van der Waals surface area (Å²) in [4.78, 5) is 0. The minimum atomic E-state index is 0. The molecule has 0 aromatic heterocycles. The van der Waals surface area contributed by atoms with Crippen LogP contribution in [0.15, 0.2) is 0 Å². The molecule has 0 saturated carbocycles. The Morgan fingerprint density at radius 2 is 1.00 bits per heavy atom. The molecule has 0 spiro atoms. The Kier molecular flexibility index (Phi) is 335. The van der Waals surface area contributed by atoms with Crippen LogP contribution in [0.5, 0.6) is 0 Å². The maximum absolute atomic E-state index is 0. The molecule has 0 bridgehead atoms. The predicted octanol–water partition coefficient (Wildman–Crippen LogP) is -2.38. The topological polar surface area (TPSA) is 0 Å². The van der Waals surface area contributed by atoms with Crippen molar-refractivity contribution in [2.24, 2.45) is 0 Å². The maximum atomic E-state index is 0. The van der Waals surface area contributed by atoms with Crippen molar-refractivity contribution in [2.45, 2.75) is 0 Å². The molecular weight excluding hydrogens is 542 g/mol. The largest absolute Gasteiger partial charge is 0 e. The Morgan fingerprint density at radius 3 is 1.00 bits per heavy atom. The second kappa shape index (κ2) is 37.6. The Labute approximate surface area is 115 Å². The third-order valence-corrected chi connectivity index (χ3v) is 0. The average Bonchev–Trinajstić information content (AvgIpc) is 0. The van der Waals surface area contributed by atoms with Gasteiger partial charge < -0.3 is 0 Å². The van der Waals surface area contributed by atoms with E-state index >= 15 is 0 Å². The van der Waals surface area contributed by atoms with E-state index in [2.05, 4.69) is 0 Å². The van der Waals surface area contributed by atoms with Gasteiger partial charge in [-0.1, -0.05) is 0 Å². The summed E-state index contributed by atoms with van der Waals surface area (Å²) < 4.78 is 0. The zero-order chi connectivity index (χ0) is 0. The standard InChI is InChI=1S/Co.Fe.Ga.In.Ni.W.6H. The molecule has 0 fully saturated rings. The monoisotopic (exact) mass is 547 g/mol. The number of hydrogen-bond acceptors (Lipinski definition) is 0. The van der Waals surface area contributed by atoms with Crippen LogP contribution in [0.1, 0.15) is 0 Å². The van der Waals surface area contributed by atoms with E-state index in [0.717, 1.165) is 0 Å². The van der Waals surface area contributed by atoms with Gasteiger partial charge in [-0.05, 0) is 0 Å². The molecule has 0 nitrogen and oxygen atoms in total. The molecule has 0 aliphatic heterocycles. The first-order chi connectivity index (χ1) is 0. The van der Waals surface area contributed by atoms with Crippen LogP contribution in [0.2, 0.25) is 0 Å². The van der Waals surface area contributed by atoms with E-state index in [4.69, 9.17) is 0 Å². The van der Waals surface area contributed by atoms with Gasteiger partial charge in [0.05, 0.1) is 0 Å². The molecule has 6 heavy (non-hydrogen) atoms. The molecule has 0 unspecified atom stereocenters. The second-order valence-electron chi connectivity index (χ2n) is 0. The van der Waals surface area contributed by atoms with Gasteiger partial charge in [0, 0.05) is 71.4 Å². The van der Waals surface area contributed by atoms with Crippen molar-refractivity contribution in [3.8, 4) is 0 Å². The van der Waals surface area contributed by atoms with Crippen molar-refractivity contribution in [1.82, 2.24) is 0 Å². The van der Waals surface area contributed by atoms with Crippen LogP contribution < -0.4 is 0 Å². The molecule has 0 rings (SSSR count). The first-order valence-electron chi connectivity index (χ1n) is 0. The van der Waals surface area contributed by atoms with Crippen molar-refractivity contribution in [3.63, 3.8) is 0 Å². The first kappa shape index (κ1) is 53.5. The van der Waals surface area contributed by atoms with Gasteiger partial charge in [-0.25, -0.2) is 0 Å². The zero-order valence-electron chi connectivity index (χ0n) is 1.41. The molecule has 0 aromatic carbocycles. The molecule has 0 aromatic rings. The molecular formula is H6CoFeGaInNiW. The van der Waals surface area contributed by atoms with Gasteiger partial charge in [0.2, 0.25) is 0 Å². The van der Waals surface area contributed by atoms with E-state index in [1.54, 1.807) is 0 Å². The Bertz CT molecular complexity index is 15.5. The molecule has 1 radical (unpaired) electrons. The van der Waals surface area contributed by atoms with Gasteiger partial charge >= 0.3 is 45.6 Å². The van der Waals surface area contributed by atoms with Crippen LogP contribution in [-0.2, 0) is 71.4 Å². The van der Waals surface area contributed by atoms with Gasteiger partial charge in [-0.15, -0.1) is 0 Å². The van der Waals surface area contributed by atoms with Crippen molar-refractivity contribution in [2.75, 3.05) is 0 Å². The van der Waals surface area contributed by atoms with Crippen molar-refractivity contribution in [1.29, 1.82) is 0 Å². The van der Waals surface area contributed by atoms with Gasteiger partial charge in [0.1, 0.15) is 0 Å². The van der Waals surface area contributed by atoms with E-state index in [-0.39, 0.29) is 117 Å². The summed E-state index contributed by atoms with van der Waals surface area (Å²) >= 11 is 0. The third kappa shape index (κ3) is 25.2. The summed E-state index contributed by atoms with van der Waals surface area (Å²) in [5.41, 5.74) is 0. The van der Waals surface area contributed by atoms with Gasteiger partial charge in [0.25, 0.3) is 0 Å².